The summed E-state index contributed by atoms with van der Waals surface area (Å²) in [6.45, 7) is 0.377. The smallest absolute Gasteiger partial charge is 0.229 e. The summed E-state index contributed by atoms with van der Waals surface area (Å²) in [5, 5.41) is 14.7. The second-order valence-corrected chi connectivity index (χ2v) is 4.37. The molecule has 0 spiro atoms. The number of β-amino-alcohol motifs (C(OH)–C–C–N with tert-alkyl or cyclic N) is 1. The molecule has 5 heteroatoms. The third-order valence-electron chi connectivity index (χ3n) is 3.15. The van der Waals surface area contributed by atoms with Crippen LogP contribution in [0.5, 0.6) is 0 Å². The molecule has 17 heavy (non-hydrogen) atoms. The lowest BCUT2D eigenvalue weighted by atomic mass is 10.2. The van der Waals surface area contributed by atoms with Crippen molar-refractivity contribution in [3.05, 3.63) is 24.4 Å². The maximum atomic E-state index is 11.7. The molecule has 1 aliphatic rings. The van der Waals surface area contributed by atoms with Crippen molar-refractivity contribution in [2.24, 2.45) is 7.05 Å². The average Bonchev–Trinajstić information content (AvgIpc) is 2.83. The average molecular weight is 231 g/mol. The van der Waals surface area contributed by atoms with Crippen LogP contribution in [0.1, 0.15) is 6.42 Å². The molecular formula is C12H13N3O2. The van der Waals surface area contributed by atoms with Gasteiger partial charge in [0.15, 0.2) is 0 Å². The van der Waals surface area contributed by atoms with Gasteiger partial charge in [0, 0.05) is 18.1 Å². The van der Waals surface area contributed by atoms with Crippen LogP contribution in [0.4, 0.5) is 5.69 Å². The van der Waals surface area contributed by atoms with Gasteiger partial charge in [0.2, 0.25) is 5.91 Å². The van der Waals surface area contributed by atoms with Gasteiger partial charge in [-0.25, -0.2) is 0 Å². The highest BCUT2D eigenvalue weighted by molar-refractivity contribution is 5.98. The van der Waals surface area contributed by atoms with Gasteiger partial charge in [0.05, 0.1) is 30.8 Å². The van der Waals surface area contributed by atoms with E-state index >= 15 is 0 Å². The maximum Gasteiger partial charge on any atom is 0.229 e. The first-order valence-electron chi connectivity index (χ1n) is 5.55. The van der Waals surface area contributed by atoms with E-state index < -0.39 is 6.10 Å². The number of hydrogen-bond acceptors (Lipinski definition) is 3. The number of rotatable bonds is 1. The SMILES string of the molecule is Cn1ncc2ccc(N3CC(O)CC3=O)cc21. The summed E-state index contributed by atoms with van der Waals surface area (Å²) in [5.74, 6) is -0.0287. The molecule has 0 saturated carbocycles. The van der Waals surface area contributed by atoms with Gasteiger partial charge in [0.1, 0.15) is 0 Å². The standard InChI is InChI=1S/C12H13N3O2/c1-14-11-4-9(3-2-8(11)6-13-14)15-7-10(16)5-12(15)17/h2-4,6,10,16H,5,7H2,1H3. The molecule has 0 bridgehead atoms. The number of amides is 1. The molecule has 1 atom stereocenters. The lowest BCUT2D eigenvalue weighted by Gasteiger charge is -2.15. The van der Waals surface area contributed by atoms with Crippen molar-refractivity contribution < 1.29 is 9.90 Å². The summed E-state index contributed by atoms with van der Waals surface area (Å²) < 4.78 is 1.77. The fraction of sp³-hybridized carbons (Fsp3) is 0.333. The van der Waals surface area contributed by atoms with E-state index in [2.05, 4.69) is 5.10 Å². The van der Waals surface area contributed by atoms with Gasteiger partial charge >= 0.3 is 0 Å². The number of fused-ring (bicyclic) bond motifs is 1. The molecule has 1 unspecified atom stereocenters. The van der Waals surface area contributed by atoms with Gasteiger partial charge in [-0.1, -0.05) is 0 Å². The van der Waals surface area contributed by atoms with E-state index in [1.54, 1.807) is 15.8 Å². The van der Waals surface area contributed by atoms with Gasteiger partial charge in [-0.05, 0) is 18.2 Å². The van der Waals surface area contributed by atoms with Crippen LogP contribution in [0, 0.1) is 0 Å². The van der Waals surface area contributed by atoms with Crippen LogP contribution in [-0.4, -0.2) is 33.4 Å². The summed E-state index contributed by atoms with van der Waals surface area (Å²) in [7, 11) is 1.87. The summed E-state index contributed by atoms with van der Waals surface area (Å²) in [6, 6.07) is 5.76. The van der Waals surface area contributed by atoms with E-state index in [1.165, 1.54) is 0 Å². The Morgan fingerprint density at radius 1 is 1.47 bits per heavy atom. The number of anilines is 1. The second-order valence-electron chi connectivity index (χ2n) is 4.37. The fourth-order valence-corrected chi connectivity index (χ4v) is 2.24. The molecule has 1 N–H and O–H groups in total. The minimum Gasteiger partial charge on any atom is -0.391 e. The topological polar surface area (TPSA) is 58.4 Å². The number of benzene rings is 1. The Morgan fingerprint density at radius 2 is 2.29 bits per heavy atom. The highest BCUT2D eigenvalue weighted by Gasteiger charge is 2.29. The van der Waals surface area contributed by atoms with Crippen LogP contribution in [-0.2, 0) is 11.8 Å². The van der Waals surface area contributed by atoms with Gasteiger partial charge in [0.25, 0.3) is 0 Å². The molecule has 1 amide bonds. The Hall–Kier alpha value is -1.88. The molecule has 5 nitrogen and oxygen atoms in total. The number of aliphatic hydroxyl groups is 1. The fourth-order valence-electron chi connectivity index (χ4n) is 2.24. The van der Waals surface area contributed by atoms with Crippen LogP contribution >= 0.6 is 0 Å². The Labute approximate surface area is 98.3 Å². The highest BCUT2D eigenvalue weighted by atomic mass is 16.3. The van der Waals surface area contributed by atoms with E-state index in [1.807, 2.05) is 25.2 Å². The van der Waals surface area contributed by atoms with E-state index in [4.69, 9.17) is 0 Å². The van der Waals surface area contributed by atoms with Crippen LogP contribution in [0.15, 0.2) is 24.4 Å². The van der Waals surface area contributed by atoms with Crippen LogP contribution < -0.4 is 4.90 Å². The Morgan fingerprint density at radius 3 is 3.00 bits per heavy atom. The van der Waals surface area contributed by atoms with E-state index in [0.29, 0.717) is 6.54 Å². The van der Waals surface area contributed by atoms with Crippen LogP contribution in [0.2, 0.25) is 0 Å². The third kappa shape index (κ3) is 1.59. The van der Waals surface area contributed by atoms with Crippen LogP contribution in [0.25, 0.3) is 10.9 Å². The third-order valence-corrected chi connectivity index (χ3v) is 3.15. The summed E-state index contributed by atoms with van der Waals surface area (Å²) in [4.78, 5) is 13.3. The predicted octanol–water partition coefficient (Wildman–Crippen LogP) is 0.671. The molecule has 2 aromatic rings. The number of aliphatic hydroxyl groups excluding tert-OH is 1. The Kier molecular flexibility index (Phi) is 2.16. The van der Waals surface area contributed by atoms with Crippen molar-refractivity contribution in [1.29, 1.82) is 0 Å². The summed E-state index contributed by atoms with van der Waals surface area (Å²) in [6.07, 6.45) is 1.45. The lowest BCUT2D eigenvalue weighted by Crippen LogP contribution is -2.25. The molecule has 2 heterocycles. The first-order chi connectivity index (χ1) is 8.15. The van der Waals surface area contributed by atoms with Gasteiger partial charge in [-0.2, -0.15) is 5.10 Å². The number of hydrogen-bond donors (Lipinski definition) is 1. The monoisotopic (exact) mass is 231 g/mol. The molecule has 1 aromatic heterocycles. The Balaban J connectivity index is 2.06. The molecule has 1 fully saturated rings. The summed E-state index contributed by atoms with van der Waals surface area (Å²) >= 11 is 0. The largest absolute Gasteiger partial charge is 0.391 e. The molecule has 1 aliphatic heterocycles. The second kappa shape index (κ2) is 3.56. The minimum atomic E-state index is -0.551. The van der Waals surface area contributed by atoms with Crippen molar-refractivity contribution in [2.45, 2.75) is 12.5 Å². The van der Waals surface area contributed by atoms with Gasteiger partial charge in [-0.3, -0.25) is 9.48 Å². The molecule has 3 rings (SSSR count). The number of carbonyl (C=O) groups is 1. The van der Waals surface area contributed by atoms with E-state index in [0.717, 1.165) is 16.6 Å². The molecule has 88 valence electrons. The van der Waals surface area contributed by atoms with E-state index in [-0.39, 0.29) is 12.3 Å². The molecule has 0 aliphatic carbocycles. The molecule has 0 radical (unpaired) electrons. The maximum absolute atomic E-state index is 11.7. The predicted molar refractivity (Wildman–Crippen MR) is 63.7 cm³/mol. The first kappa shape index (κ1) is 10.3. The zero-order valence-electron chi connectivity index (χ0n) is 9.50. The minimum absolute atomic E-state index is 0.0287. The summed E-state index contributed by atoms with van der Waals surface area (Å²) in [5.41, 5.74) is 1.80. The van der Waals surface area contributed by atoms with Crippen LogP contribution in [0.3, 0.4) is 0 Å². The number of aromatic nitrogens is 2. The number of nitrogens with zero attached hydrogens (tertiary/aromatic N) is 3. The van der Waals surface area contributed by atoms with Crippen molar-refractivity contribution >= 4 is 22.5 Å². The quantitative estimate of drug-likeness (QED) is 0.784. The number of aryl methyl sites for hydroxylation is 1. The highest BCUT2D eigenvalue weighted by Crippen LogP contribution is 2.25. The van der Waals surface area contributed by atoms with Crippen molar-refractivity contribution in [3.63, 3.8) is 0 Å². The van der Waals surface area contributed by atoms with E-state index in [9.17, 15) is 9.90 Å². The lowest BCUT2D eigenvalue weighted by molar-refractivity contribution is -0.117. The zero-order valence-corrected chi connectivity index (χ0v) is 9.50. The zero-order chi connectivity index (χ0) is 12.0. The van der Waals surface area contributed by atoms with Crippen molar-refractivity contribution in [1.82, 2.24) is 9.78 Å². The number of carbonyl (C=O) groups excluding carboxylic acids is 1. The first-order valence-corrected chi connectivity index (χ1v) is 5.55. The van der Waals surface area contributed by atoms with Crippen molar-refractivity contribution in [2.75, 3.05) is 11.4 Å². The van der Waals surface area contributed by atoms with Crippen molar-refractivity contribution in [3.8, 4) is 0 Å². The Bertz CT molecular complexity index is 590. The molecule has 1 aromatic carbocycles. The van der Waals surface area contributed by atoms with Gasteiger partial charge < -0.3 is 10.0 Å². The molecular weight excluding hydrogens is 218 g/mol. The van der Waals surface area contributed by atoms with Gasteiger partial charge in [-0.15, -0.1) is 0 Å². The normalized spacial score (nSPS) is 20.5. The molecule has 1 saturated heterocycles.